The molecule has 0 radical (unpaired) electrons. The fraction of sp³-hybridized carbons (Fsp3) is 0.462. The van der Waals surface area contributed by atoms with Gasteiger partial charge in [-0.15, -0.1) is 6.58 Å². The minimum Gasteiger partial charge on any atom is -0.389 e. The molecule has 1 atom stereocenters. The number of aliphatic hydroxyl groups excluding tert-OH is 1. The molecule has 0 aliphatic heterocycles. The largest absolute Gasteiger partial charge is 0.389 e. The first kappa shape index (κ1) is 12.7. The third-order valence-electron chi connectivity index (χ3n) is 2.42. The Morgan fingerprint density at radius 3 is 2.94 bits per heavy atom. The highest BCUT2D eigenvalue weighted by molar-refractivity contribution is 5.42. The minimum atomic E-state index is -0.450. The van der Waals surface area contributed by atoms with E-state index in [9.17, 15) is 5.11 Å². The lowest BCUT2D eigenvalue weighted by atomic mass is 10.1. The maximum Gasteiger partial charge on any atom is 0.129 e. The average molecular weight is 220 g/mol. The lowest BCUT2D eigenvalue weighted by molar-refractivity contribution is 0.199. The van der Waals surface area contributed by atoms with Gasteiger partial charge in [0.15, 0.2) is 0 Å². The van der Waals surface area contributed by atoms with Crippen LogP contribution in [0.4, 0.5) is 5.82 Å². The van der Waals surface area contributed by atoms with Crippen LogP contribution in [0.1, 0.15) is 31.9 Å². The van der Waals surface area contributed by atoms with Crippen molar-refractivity contribution in [2.45, 2.75) is 26.4 Å². The van der Waals surface area contributed by atoms with Gasteiger partial charge in [-0.05, 0) is 31.0 Å². The topological polar surface area (TPSA) is 36.4 Å². The molecule has 0 aliphatic carbocycles. The zero-order valence-corrected chi connectivity index (χ0v) is 10.1. The number of pyridine rings is 1. The Morgan fingerprint density at radius 2 is 2.38 bits per heavy atom. The van der Waals surface area contributed by atoms with Crippen molar-refractivity contribution in [3.05, 3.63) is 36.5 Å². The zero-order chi connectivity index (χ0) is 12.0. The number of hydrogen-bond donors (Lipinski definition) is 1. The Labute approximate surface area is 97.4 Å². The molecule has 0 unspecified atom stereocenters. The van der Waals surface area contributed by atoms with E-state index in [0.29, 0.717) is 0 Å². The van der Waals surface area contributed by atoms with Crippen LogP contribution < -0.4 is 4.90 Å². The summed E-state index contributed by atoms with van der Waals surface area (Å²) in [5.41, 5.74) is 0.898. The van der Waals surface area contributed by atoms with Crippen molar-refractivity contribution < 1.29 is 5.11 Å². The Bertz CT molecular complexity index is 336. The second kappa shape index (κ2) is 6.28. The number of aliphatic hydroxyl groups is 1. The molecule has 1 N–H and O–H groups in total. The van der Waals surface area contributed by atoms with Crippen LogP contribution in [0.2, 0.25) is 0 Å². The predicted octanol–water partition coefficient (Wildman–Crippen LogP) is 2.54. The highest BCUT2D eigenvalue weighted by Gasteiger charge is 2.07. The average Bonchev–Trinajstić information content (AvgIpc) is 2.29. The molecule has 1 rings (SSSR count). The van der Waals surface area contributed by atoms with Gasteiger partial charge in [0.2, 0.25) is 0 Å². The van der Waals surface area contributed by atoms with Crippen LogP contribution in [0.5, 0.6) is 0 Å². The third kappa shape index (κ3) is 3.35. The van der Waals surface area contributed by atoms with E-state index in [1.165, 1.54) is 0 Å². The number of anilines is 1. The smallest absolute Gasteiger partial charge is 0.129 e. The monoisotopic (exact) mass is 220 g/mol. The summed E-state index contributed by atoms with van der Waals surface area (Å²) in [6.07, 6.45) is 4.22. The van der Waals surface area contributed by atoms with Crippen molar-refractivity contribution >= 4 is 5.82 Å². The molecular weight excluding hydrogens is 200 g/mol. The summed E-state index contributed by atoms with van der Waals surface area (Å²) in [5, 5.41) is 9.52. The van der Waals surface area contributed by atoms with E-state index < -0.39 is 6.10 Å². The van der Waals surface area contributed by atoms with E-state index in [-0.39, 0.29) is 0 Å². The van der Waals surface area contributed by atoms with Crippen molar-refractivity contribution in [2.75, 3.05) is 18.0 Å². The SMILES string of the molecule is C=CCN(CCC)c1cc([C@@H](C)O)ccn1. The molecule has 0 aliphatic rings. The van der Waals surface area contributed by atoms with Gasteiger partial charge in [0, 0.05) is 19.3 Å². The van der Waals surface area contributed by atoms with Gasteiger partial charge in [-0.25, -0.2) is 4.98 Å². The maximum absolute atomic E-state index is 9.52. The second-order valence-corrected chi connectivity index (χ2v) is 3.86. The van der Waals surface area contributed by atoms with Gasteiger partial charge >= 0.3 is 0 Å². The summed E-state index contributed by atoms with van der Waals surface area (Å²) in [4.78, 5) is 6.48. The van der Waals surface area contributed by atoms with Gasteiger partial charge in [0.05, 0.1) is 6.10 Å². The van der Waals surface area contributed by atoms with Crippen LogP contribution in [0.3, 0.4) is 0 Å². The lowest BCUT2D eigenvalue weighted by Crippen LogP contribution is -2.25. The molecule has 1 heterocycles. The molecule has 0 fully saturated rings. The molecule has 1 aromatic heterocycles. The molecule has 3 nitrogen and oxygen atoms in total. The summed E-state index contributed by atoms with van der Waals surface area (Å²) >= 11 is 0. The molecule has 1 aromatic rings. The van der Waals surface area contributed by atoms with E-state index in [2.05, 4.69) is 23.4 Å². The van der Waals surface area contributed by atoms with Crippen LogP contribution in [-0.2, 0) is 0 Å². The molecule has 0 bridgehead atoms. The fourth-order valence-electron chi connectivity index (χ4n) is 1.59. The van der Waals surface area contributed by atoms with Gasteiger partial charge < -0.3 is 10.0 Å². The highest BCUT2D eigenvalue weighted by Crippen LogP contribution is 2.18. The Balaban J connectivity index is 2.90. The van der Waals surface area contributed by atoms with Gasteiger partial charge in [-0.2, -0.15) is 0 Å². The Morgan fingerprint density at radius 1 is 1.62 bits per heavy atom. The molecule has 0 aromatic carbocycles. The van der Waals surface area contributed by atoms with Crippen LogP contribution in [0.15, 0.2) is 31.0 Å². The minimum absolute atomic E-state index is 0.450. The van der Waals surface area contributed by atoms with Gasteiger partial charge in [0.1, 0.15) is 5.82 Å². The van der Waals surface area contributed by atoms with Crippen LogP contribution in [0.25, 0.3) is 0 Å². The van der Waals surface area contributed by atoms with Crippen molar-refractivity contribution in [2.24, 2.45) is 0 Å². The van der Waals surface area contributed by atoms with E-state index in [4.69, 9.17) is 0 Å². The normalized spacial score (nSPS) is 12.2. The number of nitrogens with zero attached hydrogens (tertiary/aromatic N) is 2. The third-order valence-corrected chi connectivity index (χ3v) is 2.42. The molecular formula is C13H20N2O. The van der Waals surface area contributed by atoms with Crippen molar-refractivity contribution in [3.63, 3.8) is 0 Å². The summed E-state index contributed by atoms with van der Waals surface area (Å²) in [6, 6.07) is 3.77. The summed E-state index contributed by atoms with van der Waals surface area (Å²) in [5.74, 6) is 0.903. The summed E-state index contributed by atoms with van der Waals surface area (Å²) in [6.45, 7) is 9.37. The first-order chi connectivity index (χ1) is 7.69. The zero-order valence-electron chi connectivity index (χ0n) is 10.1. The van der Waals surface area contributed by atoms with E-state index in [0.717, 1.165) is 30.9 Å². The van der Waals surface area contributed by atoms with Crippen molar-refractivity contribution in [1.82, 2.24) is 4.98 Å². The van der Waals surface area contributed by atoms with Crippen molar-refractivity contribution in [3.8, 4) is 0 Å². The quantitative estimate of drug-likeness (QED) is 0.748. The van der Waals surface area contributed by atoms with E-state index in [1.54, 1.807) is 13.1 Å². The van der Waals surface area contributed by atoms with Crippen LogP contribution >= 0.6 is 0 Å². The number of hydrogen-bond acceptors (Lipinski definition) is 3. The standard InChI is InChI=1S/C13H20N2O/c1-4-8-15(9-5-2)13-10-12(11(3)16)6-7-14-13/h4,6-7,10-11,16H,1,5,8-9H2,2-3H3/t11-/m1/s1. The molecule has 0 saturated heterocycles. The maximum atomic E-state index is 9.52. The molecule has 3 heteroatoms. The van der Waals surface area contributed by atoms with Gasteiger partial charge in [0.25, 0.3) is 0 Å². The van der Waals surface area contributed by atoms with E-state index >= 15 is 0 Å². The Kier molecular flexibility index (Phi) is 4.99. The predicted molar refractivity (Wildman–Crippen MR) is 67.6 cm³/mol. The molecule has 88 valence electrons. The molecule has 0 spiro atoms. The van der Waals surface area contributed by atoms with E-state index in [1.807, 2.05) is 18.2 Å². The lowest BCUT2D eigenvalue weighted by Gasteiger charge is -2.22. The highest BCUT2D eigenvalue weighted by atomic mass is 16.3. The number of aromatic nitrogens is 1. The van der Waals surface area contributed by atoms with Crippen molar-refractivity contribution in [1.29, 1.82) is 0 Å². The summed E-state index contributed by atoms with van der Waals surface area (Å²) in [7, 11) is 0. The fourth-order valence-corrected chi connectivity index (χ4v) is 1.59. The van der Waals surface area contributed by atoms with Crippen LogP contribution in [0, 0.1) is 0 Å². The first-order valence-corrected chi connectivity index (χ1v) is 5.69. The van der Waals surface area contributed by atoms with Crippen LogP contribution in [-0.4, -0.2) is 23.2 Å². The van der Waals surface area contributed by atoms with Gasteiger partial charge in [-0.1, -0.05) is 13.0 Å². The van der Waals surface area contributed by atoms with Gasteiger partial charge in [-0.3, -0.25) is 0 Å². The molecule has 0 amide bonds. The summed E-state index contributed by atoms with van der Waals surface area (Å²) < 4.78 is 0. The molecule has 16 heavy (non-hydrogen) atoms. The second-order valence-electron chi connectivity index (χ2n) is 3.86. The first-order valence-electron chi connectivity index (χ1n) is 5.69. The number of rotatable bonds is 6. The molecule has 0 saturated carbocycles. The Hall–Kier alpha value is -1.35.